The minimum absolute atomic E-state index is 0.376. The quantitative estimate of drug-likeness (QED) is 0.577. The van der Waals surface area contributed by atoms with Crippen LogP contribution in [0.5, 0.6) is 0 Å². The molecule has 4 rings (SSSR count). The average Bonchev–Trinajstić information content (AvgIpc) is 3.23. The second kappa shape index (κ2) is 4.19. The van der Waals surface area contributed by atoms with Gasteiger partial charge in [0.15, 0.2) is 0 Å². The number of rotatable bonds is 4. The molecule has 1 fully saturated rings. The van der Waals surface area contributed by atoms with Gasteiger partial charge in [0.25, 0.3) is 0 Å². The molecular formula is C18H22OSi. The minimum atomic E-state index is -1.33. The lowest BCUT2D eigenvalue weighted by atomic mass is 9.76. The van der Waals surface area contributed by atoms with E-state index in [-0.39, 0.29) is 0 Å². The molecule has 1 aliphatic heterocycles. The Balaban J connectivity index is 1.86. The van der Waals surface area contributed by atoms with E-state index in [1.54, 1.807) is 10.8 Å². The fraction of sp³-hybridized carbons (Fsp3) is 0.444. The molecule has 2 unspecified atom stereocenters. The maximum absolute atomic E-state index is 5.92. The fourth-order valence-electron chi connectivity index (χ4n) is 4.23. The highest BCUT2D eigenvalue weighted by Gasteiger charge is 2.53. The molecule has 0 aromatic heterocycles. The highest BCUT2D eigenvalue weighted by Crippen LogP contribution is 2.58. The Bertz CT molecular complexity index is 628. The van der Waals surface area contributed by atoms with E-state index >= 15 is 0 Å². The number of benzene rings is 1. The van der Waals surface area contributed by atoms with Crippen molar-refractivity contribution in [1.29, 1.82) is 0 Å². The van der Waals surface area contributed by atoms with Crippen molar-refractivity contribution in [2.75, 3.05) is 0 Å². The number of hydrogen-bond donors (Lipinski definition) is 0. The highest BCUT2D eigenvalue weighted by molar-refractivity contribution is 6.89. The summed E-state index contributed by atoms with van der Waals surface area (Å²) >= 11 is 0. The molecule has 0 amide bonds. The second-order valence-corrected chi connectivity index (χ2v) is 11.5. The van der Waals surface area contributed by atoms with Gasteiger partial charge in [0, 0.05) is 0 Å². The molecule has 2 heteroatoms. The summed E-state index contributed by atoms with van der Waals surface area (Å²) < 4.78 is 5.92. The predicted octanol–water partition coefficient (Wildman–Crippen LogP) is 4.67. The summed E-state index contributed by atoms with van der Waals surface area (Å²) in [6, 6.07) is 12.9. The first kappa shape index (κ1) is 12.6. The third kappa shape index (κ3) is 1.41. The molecule has 1 aromatic carbocycles. The van der Waals surface area contributed by atoms with Crippen LogP contribution in [-0.2, 0) is 4.74 Å². The van der Waals surface area contributed by atoms with E-state index < -0.39 is 8.07 Å². The highest BCUT2D eigenvalue weighted by atomic mass is 28.3. The van der Waals surface area contributed by atoms with Crippen LogP contribution in [0.2, 0.25) is 18.1 Å². The molecule has 0 radical (unpaired) electrons. The van der Waals surface area contributed by atoms with Crippen LogP contribution in [0.3, 0.4) is 0 Å². The minimum Gasteiger partial charge on any atom is -0.360 e. The number of epoxide rings is 1. The molecule has 1 heterocycles. The lowest BCUT2D eigenvalue weighted by Crippen LogP contribution is -2.38. The van der Waals surface area contributed by atoms with Gasteiger partial charge in [-0.15, -0.1) is 0 Å². The zero-order valence-electron chi connectivity index (χ0n) is 12.6. The van der Waals surface area contributed by atoms with Crippen LogP contribution < -0.4 is 0 Å². The Hall–Kier alpha value is -1.12. The Morgan fingerprint density at radius 3 is 2.30 bits per heavy atom. The largest absolute Gasteiger partial charge is 0.360 e. The predicted molar refractivity (Wildman–Crippen MR) is 87.2 cm³/mol. The zero-order chi connectivity index (χ0) is 13.9. The van der Waals surface area contributed by atoms with Crippen molar-refractivity contribution in [3.8, 4) is 0 Å². The molecule has 0 bridgehead atoms. The molecule has 1 saturated heterocycles. The molecule has 2 atom stereocenters. The summed E-state index contributed by atoms with van der Waals surface area (Å²) in [6.07, 6.45) is 3.25. The van der Waals surface area contributed by atoms with Crippen molar-refractivity contribution in [3.05, 3.63) is 46.7 Å². The summed E-state index contributed by atoms with van der Waals surface area (Å²) in [7, 11) is -1.33. The van der Waals surface area contributed by atoms with Crippen LogP contribution in [0, 0.1) is 0 Å². The first-order chi connectivity index (χ1) is 9.75. The number of fused-ring (bicyclic) bond motifs is 5. The number of ether oxygens (including phenoxy) is 1. The normalized spacial score (nSPS) is 26.2. The summed E-state index contributed by atoms with van der Waals surface area (Å²) in [5.41, 5.74) is 6.04. The first-order valence-corrected chi connectivity index (χ1v) is 10.6. The average molecular weight is 282 g/mol. The summed E-state index contributed by atoms with van der Waals surface area (Å²) in [5, 5.41) is 1.71. The molecule has 2 aliphatic carbocycles. The lowest BCUT2D eigenvalue weighted by molar-refractivity contribution is 0.418. The zero-order valence-corrected chi connectivity index (χ0v) is 13.6. The molecule has 0 spiro atoms. The van der Waals surface area contributed by atoms with Gasteiger partial charge in [-0.25, -0.2) is 0 Å². The Labute approximate surface area is 122 Å². The molecule has 3 aliphatic rings. The maximum atomic E-state index is 5.92. The monoisotopic (exact) mass is 282 g/mol. The van der Waals surface area contributed by atoms with Gasteiger partial charge in [0.05, 0.1) is 8.07 Å². The summed E-state index contributed by atoms with van der Waals surface area (Å²) in [5.74, 6) is 0. The lowest BCUT2D eigenvalue weighted by Gasteiger charge is -2.40. The third-order valence-corrected chi connectivity index (χ3v) is 11.4. The molecule has 20 heavy (non-hydrogen) atoms. The van der Waals surface area contributed by atoms with Crippen molar-refractivity contribution >= 4 is 19.2 Å². The summed E-state index contributed by atoms with van der Waals surface area (Å²) in [4.78, 5) is 0. The number of allylic oxidation sites excluding steroid dienone is 2. The van der Waals surface area contributed by atoms with Crippen LogP contribution in [0.25, 0.3) is 11.1 Å². The Kier molecular flexibility index (Phi) is 2.64. The van der Waals surface area contributed by atoms with E-state index in [4.69, 9.17) is 4.74 Å². The van der Waals surface area contributed by atoms with E-state index in [9.17, 15) is 0 Å². The van der Waals surface area contributed by atoms with E-state index in [2.05, 4.69) is 51.1 Å². The third-order valence-electron chi connectivity index (χ3n) is 5.77. The van der Waals surface area contributed by atoms with E-state index in [1.807, 2.05) is 0 Å². The molecule has 0 saturated carbocycles. The molecule has 104 valence electrons. The summed E-state index contributed by atoms with van der Waals surface area (Å²) in [6.45, 7) is 7.18. The van der Waals surface area contributed by atoms with Gasteiger partial charge < -0.3 is 4.74 Å². The van der Waals surface area contributed by atoms with Crippen LogP contribution in [0.4, 0.5) is 0 Å². The molecular weight excluding hydrogens is 260 g/mol. The second-order valence-electron chi connectivity index (χ2n) is 6.28. The van der Waals surface area contributed by atoms with Crippen LogP contribution >= 0.6 is 0 Å². The van der Waals surface area contributed by atoms with Crippen molar-refractivity contribution in [2.45, 2.75) is 51.1 Å². The van der Waals surface area contributed by atoms with Crippen LogP contribution in [-0.4, -0.2) is 20.3 Å². The standard InChI is InChI=1S/C18H22OSi/c1-4-20(5-2,6-3)15-11-14-18(19-14)17-13-10-8-7-9-12(13)16(15)17/h7-11,14,18H,4-6H2,1-3H3. The van der Waals surface area contributed by atoms with Crippen molar-refractivity contribution in [2.24, 2.45) is 0 Å². The van der Waals surface area contributed by atoms with Gasteiger partial charge in [-0.2, -0.15) is 0 Å². The molecule has 1 nitrogen and oxygen atoms in total. The van der Waals surface area contributed by atoms with E-state index in [0.717, 1.165) is 0 Å². The molecule has 1 aromatic rings. The molecule has 0 N–H and O–H groups in total. The van der Waals surface area contributed by atoms with Crippen LogP contribution in [0.1, 0.15) is 31.9 Å². The Morgan fingerprint density at radius 2 is 1.65 bits per heavy atom. The van der Waals surface area contributed by atoms with Crippen molar-refractivity contribution in [3.63, 3.8) is 0 Å². The first-order valence-electron chi connectivity index (χ1n) is 7.97. The Morgan fingerprint density at radius 1 is 1.00 bits per heavy atom. The van der Waals surface area contributed by atoms with Gasteiger partial charge in [0.2, 0.25) is 0 Å². The smallest absolute Gasteiger partial charge is 0.114 e. The van der Waals surface area contributed by atoms with Crippen molar-refractivity contribution < 1.29 is 4.74 Å². The van der Waals surface area contributed by atoms with E-state index in [1.165, 1.54) is 34.8 Å². The van der Waals surface area contributed by atoms with Gasteiger partial charge in [-0.3, -0.25) is 0 Å². The van der Waals surface area contributed by atoms with Gasteiger partial charge in [-0.1, -0.05) is 74.4 Å². The SMILES string of the molecule is CC[Si](CC)(CC)C1=CC2OC2C2=C1c1ccccc12. The number of hydrogen-bond acceptors (Lipinski definition) is 1. The maximum Gasteiger partial charge on any atom is 0.114 e. The van der Waals surface area contributed by atoms with Crippen LogP contribution in [0.15, 0.2) is 35.5 Å². The van der Waals surface area contributed by atoms with E-state index in [0.29, 0.717) is 12.2 Å². The topological polar surface area (TPSA) is 12.5 Å². The van der Waals surface area contributed by atoms with Gasteiger partial charge in [0.1, 0.15) is 12.2 Å². The van der Waals surface area contributed by atoms with Crippen molar-refractivity contribution in [1.82, 2.24) is 0 Å². The van der Waals surface area contributed by atoms with Gasteiger partial charge in [-0.05, 0) is 22.3 Å². The van der Waals surface area contributed by atoms with Gasteiger partial charge >= 0.3 is 0 Å². The fourth-order valence-corrected chi connectivity index (χ4v) is 8.19.